The summed E-state index contributed by atoms with van der Waals surface area (Å²) in [6.07, 6.45) is 3.46. The molecule has 6 atom stereocenters. The van der Waals surface area contributed by atoms with Crippen molar-refractivity contribution in [3.8, 4) is 0 Å². The van der Waals surface area contributed by atoms with Gasteiger partial charge in [0.25, 0.3) is 0 Å². The fourth-order valence-electron chi connectivity index (χ4n) is 7.59. The minimum atomic E-state index is -1.52. The highest BCUT2D eigenvalue weighted by molar-refractivity contribution is 5.98. The Morgan fingerprint density at radius 1 is 0.465 bits per heavy atom. The number of aliphatic imine (C=N–C) groups is 3. The van der Waals surface area contributed by atoms with Crippen LogP contribution in [0, 0.1) is 0 Å². The smallest absolute Gasteiger partial charge is 0.243 e. The summed E-state index contributed by atoms with van der Waals surface area (Å²) in [5, 5.41) is 14.9. The van der Waals surface area contributed by atoms with Gasteiger partial charge in [0.15, 0.2) is 17.9 Å². The maximum Gasteiger partial charge on any atom is 0.243 e. The summed E-state index contributed by atoms with van der Waals surface area (Å²) in [6, 6.07) is 6.66. The fraction of sp³-hybridized carbons (Fsp3) is 0.422. The lowest BCUT2D eigenvalue weighted by atomic mass is 10.0. The summed E-state index contributed by atoms with van der Waals surface area (Å²) in [5.74, 6) is -6.14. The van der Waals surface area contributed by atoms with Crippen LogP contribution in [0.15, 0.2) is 75.9 Å². The zero-order chi connectivity index (χ0) is 52.0. The molecule has 7 amide bonds. The molecule has 2 heterocycles. The molecule has 0 spiro atoms. The number of nitrogens with one attached hydrogen (secondary N) is 7. The Labute approximate surface area is 408 Å². The first-order valence-corrected chi connectivity index (χ1v) is 22.9. The van der Waals surface area contributed by atoms with Crippen molar-refractivity contribution in [2.24, 2.45) is 66.6 Å². The first kappa shape index (κ1) is 55.2. The summed E-state index contributed by atoms with van der Waals surface area (Å²) in [6.45, 7) is 0.460. The van der Waals surface area contributed by atoms with E-state index in [9.17, 15) is 33.6 Å². The number of para-hydroxylation sites is 2. The van der Waals surface area contributed by atoms with Crippen molar-refractivity contribution in [2.45, 2.75) is 100 Å². The lowest BCUT2D eigenvalue weighted by molar-refractivity contribution is -0.135. The normalized spacial score (nSPS) is 13.5. The number of nitrogens with two attached hydrogens (primary N) is 9. The van der Waals surface area contributed by atoms with Crippen molar-refractivity contribution in [3.05, 3.63) is 72.1 Å². The predicted molar refractivity (Wildman–Crippen MR) is 269 cm³/mol. The SMILES string of the molecule is NC(=O)CCC(NC(=O)C(Cc1c[nH]c2ccccc12)NC(=O)C(CCCN=C(N)N)NC(=O)C(N)CCCN=C(N)N)C(=O)NC(Cc1c[nH]c2ccccc12)C(=O)NC(CCCN=C(N)N)C(N)=O. The Kier molecular flexibility index (Phi) is 21.4. The molecular formula is C45H67N19O7. The molecule has 2 aromatic heterocycles. The molecule has 0 bridgehead atoms. The van der Waals surface area contributed by atoms with E-state index in [-0.39, 0.29) is 95.3 Å². The molecule has 0 aliphatic heterocycles. The second-order valence-corrected chi connectivity index (χ2v) is 16.8. The highest BCUT2D eigenvalue weighted by Crippen LogP contribution is 2.21. The van der Waals surface area contributed by atoms with Crippen molar-refractivity contribution in [1.82, 2.24) is 36.6 Å². The number of amides is 7. The lowest BCUT2D eigenvalue weighted by Gasteiger charge is -2.27. The molecule has 26 heteroatoms. The third-order valence-electron chi connectivity index (χ3n) is 11.3. The largest absolute Gasteiger partial charge is 0.370 e. The van der Waals surface area contributed by atoms with E-state index in [1.165, 1.54) is 0 Å². The number of aromatic nitrogens is 2. The minimum Gasteiger partial charge on any atom is -0.370 e. The van der Waals surface area contributed by atoms with Crippen LogP contribution >= 0.6 is 0 Å². The molecule has 4 aromatic rings. The number of benzene rings is 2. The fourth-order valence-corrected chi connectivity index (χ4v) is 7.59. The Morgan fingerprint density at radius 3 is 1.27 bits per heavy atom. The van der Waals surface area contributed by atoms with Crippen LogP contribution in [0.2, 0.25) is 0 Å². The van der Waals surface area contributed by atoms with Crippen molar-refractivity contribution in [2.75, 3.05) is 19.6 Å². The number of hydrogen-bond donors (Lipinski definition) is 16. The van der Waals surface area contributed by atoms with Crippen LogP contribution in [0.1, 0.15) is 62.5 Å². The van der Waals surface area contributed by atoms with Gasteiger partial charge in [0.1, 0.15) is 30.2 Å². The van der Waals surface area contributed by atoms with Crippen LogP contribution in [-0.2, 0) is 46.4 Å². The van der Waals surface area contributed by atoms with Crippen LogP contribution in [-0.4, -0.2) is 125 Å². The van der Waals surface area contributed by atoms with Gasteiger partial charge in [0, 0.05) is 73.1 Å². The van der Waals surface area contributed by atoms with E-state index in [2.05, 4.69) is 51.5 Å². The Balaban J connectivity index is 1.66. The van der Waals surface area contributed by atoms with Gasteiger partial charge in [-0.25, -0.2) is 0 Å². The third-order valence-corrected chi connectivity index (χ3v) is 11.3. The molecule has 25 N–H and O–H groups in total. The molecule has 0 saturated carbocycles. The zero-order valence-corrected chi connectivity index (χ0v) is 39.3. The van der Waals surface area contributed by atoms with E-state index in [0.717, 1.165) is 21.8 Å². The van der Waals surface area contributed by atoms with E-state index >= 15 is 0 Å². The summed E-state index contributed by atoms with van der Waals surface area (Å²) in [5.41, 5.74) is 52.7. The van der Waals surface area contributed by atoms with Crippen molar-refractivity contribution in [1.29, 1.82) is 0 Å². The Morgan fingerprint density at radius 2 is 0.831 bits per heavy atom. The number of H-pyrrole nitrogens is 2. The molecule has 0 fully saturated rings. The molecular weight excluding hydrogens is 919 g/mol. The van der Waals surface area contributed by atoms with Crippen LogP contribution < -0.4 is 78.2 Å². The number of carbonyl (C=O) groups excluding carboxylic acids is 7. The van der Waals surface area contributed by atoms with Gasteiger partial charge in [-0.2, -0.15) is 0 Å². The van der Waals surface area contributed by atoms with Gasteiger partial charge in [-0.1, -0.05) is 36.4 Å². The predicted octanol–water partition coefficient (Wildman–Crippen LogP) is -3.90. The van der Waals surface area contributed by atoms with E-state index in [4.69, 9.17) is 51.6 Å². The average molecular weight is 986 g/mol. The number of nitrogens with zero attached hydrogens (tertiary/aromatic N) is 3. The molecule has 71 heavy (non-hydrogen) atoms. The molecule has 4 rings (SSSR count). The second kappa shape index (κ2) is 27.5. The highest BCUT2D eigenvalue weighted by Gasteiger charge is 2.34. The standard InChI is InChI=1S/C45H67N19O7/c46-28(10-5-17-55-43(49)50)38(67)61-32(14-7-19-57-45(53)54)39(68)63-35(21-25-23-59-30-12-4-2-9-27(25)30)42(71)62-33(15-16-36(47)65)40(69)64-34(20-24-22-58-29-11-3-1-8-26(24)29)41(70)60-31(37(48)66)13-6-18-56-44(51)52/h1-4,8-9,11-12,22-23,28,31-35,58-59H,5-7,10,13-21,46H2,(H2,47,65)(H2,48,66)(H,60,70)(H,61,67)(H,62,71)(H,63,68)(H,64,69)(H4,49,50,55)(H4,51,52,56)(H4,53,54,57). The number of primary amides is 2. The summed E-state index contributed by atoms with van der Waals surface area (Å²) < 4.78 is 0. The van der Waals surface area contributed by atoms with Crippen molar-refractivity contribution in [3.63, 3.8) is 0 Å². The lowest BCUT2D eigenvalue weighted by Crippen LogP contribution is -2.60. The van der Waals surface area contributed by atoms with Gasteiger partial charge in [-0.05, 0) is 68.2 Å². The van der Waals surface area contributed by atoms with E-state index in [1.54, 1.807) is 24.5 Å². The maximum absolute atomic E-state index is 14.6. The second-order valence-electron chi connectivity index (χ2n) is 16.8. The average Bonchev–Trinajstić information content (AvgIpc) is 3.93. The molecule has 2 aromatic carbocycles. The molecule has 384 valence electrons. The molecule has 26 nitrogen and oxygen atoms in total. The molecule has 6 unspecified atom stereocenters. The summed E-state index contributed by atoms with van der Waals surface area (Å²) >= 11 is 0. The first-order chi connectivity index (χ1) is 33.8. The molecule has 0 radical (unpaired) electrons. The number of hydrogen-bond acceptors (Lipinski definition) is 11. The van der Waals surface area contributed by atoms with Gasteiger partial charge in [-0.15, -0.1) is 0 Å². The van der Waals surface area contributed by atoms with Crippen molar-refractivity contribution >= 4 is 81.0 Å². The molecule has 0 saturated heterocycles. The third kappa shape index (κ3) is 18.2. The van der Waals surface area contributed by atoms with E-state index in [1.807, 2.05) is 36.4 Å². The van der Waals surface area contributed by atoms with Crippen LogP contribution in [0.3, 0.4) is 0 Å². The van der Waals surface area contributed by atoms with Gasteiger partial charge < -0.3 is 88.2 Å². The van der Waals surface area contributed by atoms with Gasteiger partial charge >= 0.3 is 0 Å². The number of carbonyl (C=O) groups is 7. The van der Waals surface area contributed by atoms with Crippen LogP contribution in [0.5, 0.6) is 0 Å². The van der Waals surface area contributed by atoms with Gasteiger partial charge in [0.05, 0.1) is 6.04 Å². The van der Waals surface area contributed by atoms with Crippen LogP contribution in [0.25, 0.3) is 21.8 Å². The van der Waals surface area contributed by atoms with Crippen molar-refractivity contribution < 1.29 is 33.6 Å². The minimum absolute atomic E-state index is 0.00685. The van der Waals surface area contributed by atoms with E-state index in [0.29, 0.717) is 17.5 Å². The van der Waals surface area contributed by atoms with Gasteiger partial charge in [-0.3, -0.25) is 48.5 Å². The monoisotopic (exact) mass is 986 g/mol. The first-order valence-electron chi connectivity index (χ1n) is 22.9. The number of guanidine groups is 3. The number of fused-ring (bicyclic) bond motifs is 2. The van der Waals surface area contributed by atoms with E-state index < -0.39 is 77.6 Å². The number of rotatable bonds is 30. The Hall–Kier alpha value is -8.42. The summed E-state index contributed by atoms with van der Waals surface area (Å²) in [7, 11) is 0. The molecule has 0 aliphatic carbocycles. The topological polar surface area (TPSA) is 482 Å². The summed E-state index contributed by atoms with van der Waals surface area (Å²) in [4.78, 5) is 114. The highest BCUT2D eigenvalue weighted by atomic mass is 16.2. The maximum atomic E-state index is 14.6. The molecule has 0 aliphatic rings. The van der Waals surface area contributed by atoms with Gasteiger partial charge in [0.2, 0.25) is 41.4 Å². The quantitative estimate of drug-likeness (QED) is 0.0135. The Bertz CT molecular complexity index is 2560. The van der Waals surface area contributed by atoms with Crippen LogP contribution in [0.4, 0.5) is 0 Å². The zero-order valence-electron chi connectivity index (χ0n) is 39.3. The number of aromatic amines is 2.